The molecule has 0 fully saturated rings. The molecule has 0 aliphatic heterocycles. The van der Waals surface area contributed by atoms with Crippen molar-refractivity contribution in [3.05, 3.63) is 121 Å². The smallest absolute Gasteiger partial charge is 0.0153 e. The number of hydrogen-bond donors (Lipinski definition) is 0. The third-order valence-electron chi connectivity index (χ3n) is 7.73. The Labute approximate surface area is 228 Å². The van der Waals surface area contributed by atoms with Gasteiger partial charge in [-0.25, -0.2) is 0 Å². The van der Waals surface area contributed by atoms with Crippen LogP contribution in [0.5, 0.6) is 0 Å². The van der Waals surface area contributed by atoms with Gasteiger partial charge in [0.1, 0.15) is 0 Å². The summed E-state index contributed by atoms with van der Waals surface area (Å²) >= 11 is 0. The molecular formula is C35H42P2. The first-order valence-corrected chi connectivity index (χ1v) is 16.1. The maximum Gasteiger partial charge on any atom is 0.0153 e. The summed E-state index contributed by atoms with van der Waals surface area (Å²) in [6, 6.07) is 45.3. The average molecular weight is 525 g/mol. The maximum absolute atomic E-state index is 2.57. The summed E-state index contributed by atoms with van der Waals surface area (Å²) in [5.74, 6) is 0. The van der Waals surface area contributed by atoms with Crippen molar-refractivity contribution in [2.75, 3.05) is 0 Å². The van der Waals surface area contributed by atoms with Crippen LogP contribution < -0.4 is 21.2 Å². The molecule has 37 heavy (non-hydrogen) atoms. The van der Waals surface area contributed by atoms with Gasteiger partial charge in [-0.05, 0) is 53.6 Å². The normalized spacial score (nSPS) is 13.6. The molecule has 0 aromatic heterocycles. The minimum absolute atomic E-state index is 0.0184. The SMILES string of the molecule is CC(P(c1ccccc1)c1ccccc1)C(P(c1ccccc1)c1ccccc1)(C(C)(C)C)C(C)(C)C. The Balaban J connectivity index is 2.10. The molecule has 4 aromatic rings. The molecule has 0 spiro atoms. The van der Waals surface area contributed by atoms with E-state index in [1.165, 1.54) is 21.2 Å². The first-order chi connectivity index (χ1) is 17.6. The topological polar surface area (TPSA) is 0 Å². The standard InChI is InChI=1S/C35H42P2/c1-28(36(29-20-12-8-13-21-29)30-22-14-9-15-23-30)35(33(2,3)4,34(5,6)7)37(31-24-16-10-17-25-31)32-26-18-11-19-27-32/h8-28H,1-7H3. The second-order valence-electron chi connectivity index (χ2n) is 12.0. The average Bonchev–Trinajstić information content (AvgIpc) is 2.88. The largest absolute Gasteiger partial charge is 0.0622 e. The molecule has 2 heteroatoms. The van der Waals surface area contributed by atoms with Gasteiger partial charge in [-0.2, -0.15) is 0 Å². The lowest BCUT2D eigenvalue weighted by Crippen LogP contribution is -2.61. The van der Waals surface area contributed by atoms with Crippen LogP contribution in [-0.4, -0.2) is 10.8 Å². The van der Waals surface area contributed by atoms with Crippen LogP contribution in [0, 0.1) is 10.8 Å². The lowest BCUT2D eigenvalue weighted by molar-refractivity contribution is 0.136. The van der Waals surface area contributed by atoms with E-state index in [0.29, 0.717) is 5.66 Å². The van der Waals surface area contributed by atoms with E-state index in [2.05, 4.69) is 170 Å². The van der Waals surface area contributed by atoms with Crippen LogP contribution in [0.15, 0.2) is 121 Å². The lowest BCUT2D eigenvalue weighted by Gasteiger charge is -2.63. The molecule has 0 saturated carbocycles. The van der Waals surface area contributed by atoms with Crippen molar-refractivity contribution in [1.29, 1.82) is 0 Å². The highest BCUT2D eigenvalue weighted by molar-refractivity contribution is 7.78. The zero-order valence-electron chi connectivity index (χ0n) is 23.5. The highest BCUT2D eigenvalue weighted by atomic mass is 31.1. The maximum atomic E-state index is 2.57. The number of hydrogen-bond acceptors (Lipinski definition) is 0. The molecule has 4 rings (SSSR count). The summed E-state index contributed by atoms with van der Waals surface area (Å²) in [6.07, 6.45) is 0. The van der Waals surface area contributed by atoms with Gasteiger partial charge >= 0.3 is 0 Å². The summed E-state index contributed by atoms with van der Waals surface area (Å²) in [6.45, 7) is 17.6. The highest BCUT2D eigenvalue weighted by Gasteiger charge is 2.60. The molecule has 1 unspecified atom stereocenters. The fourth-order valence-electron chi connectivity index (χ4n) is 6.91. The molecule has 0 saturated heterocycles. The first-order valence-electron chi connectivity index (χ1n) is 13.4. The Bertz CT molecular complexity index is 1140. The summed E-state index contributed by atoms with van der Waals surface area (Å²) in [5.41, 5.74) is 0.483. The first kappa shape index (κ1) is 27.8. The molecule has 0 amide bonds. The molecule has 0 heterocycles. The zero-order valence-corrected chi connectivity index (χ0v) is 25.3. The monoisotopic (exact) mass is 524 g/mol. The summed E-state index contributed by atoms with van der Waals surface area (Å²) in [5, 5.41) is 5.85. The van der Waals surface area contributed by atoms with Crippen molar-refractivity contribution < 1.29 is 0 Å². The van der Waals surface area contributed by atoms with Crippen LogP contribution in [0.1, 0.15) is 48.5 Å². The van der Waals surface area contributed by atoms with E-state index in [0.717, 1.165) is 0 Å². The van der Waals surface area contributed by atoms with E-state index in [4.69, 9.17) is 0 Å². The van der Waals surface area contributed by atoms with Crippen LogP contribution in [-0.2, 0) is 0 Å². The summed E-state index contributed by atoms with van der Waals surface area (Å²) in [7, 11) is -1.34. The minimum Gasteiger partial charge on any atom is -0.0622 e. The van der Waals surface area contributed by atoms with Gasteiger partial charge in [-0.3, -0.25) is 0 Å². The van der Waals surface area contributed by atoms with Crippen LogP contribution in [0.25, 0.3) is 0 Å². The van der Waals surface area contributed by atoms with Crippen molar-refractivity contribution >= 4 is 37.1 Å². The van der Waals surface area contributed by atoms with Crippen LogP contribution >= 0.6 is 15.8 Å². The third kappa shape index (κ3) is 5.35. The Morgan fingerprint density at radius 2 is 0.703 bits per heavy atom. The molecule has 0 aliphatic rings. The Hall–Kier alpha value is -2.26. The summed E-state index contributed by atoms with van der Waals surface area (Å²) < 4.78 is 0. The van der Waals surface area contributed by atoms with Crippen molar-refractivity contribution in [2.24, 2.45) is 10.8 Å². The second kappa shape index (κ2) is 11.2. The van der Waals surface area contributed by atoms with Gasteiger partial charge in [0.2, 0.25) is 0 Å². The second-order valence-corrected chi connectivity index (χ2v) is 16.9. The molecule has 0 N–H and O–H groups in total. The zero-order chi connectivity index (χ0) is 26.7. The third-order valence-corrected chi connectivity index (χ3v) is 14.9. The Morgan fingerprint density at radius 1 is 0.432 bits per heavy atom. The number of rotatable bonds is 7. The lowest BCUT2D eigenvalue weighted by atomic mass is 9.64. The quantitative estimate of drug-likeness (QED) is 0.213. The van der Waals surface area contributed by atoms with E-state index < -0.39 is 15.8 Å². The Morgan fingerprint density at radius 3 is 0.973 bits per heavy atom. The molecule has 192 valence electrons. The predicted molar refractivity (Wildman–Crippen MR) is 169 cm³/mol. The highest BCUT2D eigenvalue weighted by Crippen LogP contribution is 2.70. The van der Waals surface area contributed by atoms with Crippen molar-refractivity contribution in [3.8, 4) is 0 Å². The van der Waals surface area contributed by atoms with Crippen LogP contribution in [0.4, 0.5) is 0 Å². The van der Waals surface area contributed by atoms with Gasteiger partial charge in [0.05, 0.1) is 0 Å². The molecule has 0 nitrogen and oxygen atoms in total. The predicted octanol–water partition coefficient (Wildman–Crippen LogP) is 8.47. The van der Waals surface area contributed by atoms with E-state index >= 15 is 0 Å². The van der Waals surface area contributed by atoms with Crippen molar-refractivity contribution in [3.63, 3.8) is 0 Å². The van der Waals surface area contributed by atoms with Gasteiger partial charge in [0, 0.05) is 5.16 Å². The molecule has 4 aromatic carbocycles. The van der Waals surface area contributed by atoms with Crippen molar-refractivity contribution in [1.82, 2.24) is 0 Å². The van der Waals surface area contributed by atoms with Gasteiger partial charge in [-0.1, -0.05) is 170 Å². The fraction of sp³-hybridized carbons (Fsp3) is 0.314. The van der Waals surface area contributed by atoms with Gasteiger partial charge in [-0.15, -0.1) is 0 Å². The van der Waals surface area contributed by atoms with Crippen molar-refractivity contribution in [2.45, 2.75) is 59.3 Å². The molecule has 0 bridgehead atoms. The molecular weight excluding hydrogens is 482 g/mol. The van der Waals surface area contributed by atoms with Gasteiger partial charge in [0.25, 0.3) is 0 Å². The molecule has 1 atom stereocenters. The molecule has 0 radical (unpaired) electrons. The fourth-order valence-corrected chi connectivity index (χ4v) is 14.7. The van der Waals surface area contributed by atoms with E-state index in [9.17, 15) is 0 Å². The van der Waals surface area contributed by atoms with Gasteiger partial charge in [0.15, 0.2) is 0 Å². The van der Waals surface area contributed by atoms with E-state index in [1.807, 2.05) is 0 Å². The van der Waals surface area contributed by atoms with E-state index in [-0.39, 0.29) is 16.0 Å². The molecule has 0 aliphatic carbocycles. The van der Waals surface area contributed by atoms with Crippen LogP contribution in [0.3, 0.4) is 0 Å². The van der Waals surface area contributed by atoms with Crippen LogP contribution in [0.2, 0.25) is 0 Å². The number of benzene rings is 4. The van der Waals surface area contributed by atoms with E-state index in [1.54, 1.807) is 0 Å². The minimum atomic E-state index is -0.711. The van der Waals surface area contributed by atoms with Gasteiger partial charge < -0.3 is 0 Å². The summed E-state index contributed by atoms with van der Waals surface area (Å²) in [4.78, 5) is 0. The Kier molecular flexibility index (Phi) is 8.43.